The first kappa shape index (κ1) is 13.4. The van der Waals surface area contributed by atoms with Gasteiger partial charge in [0, 0.05) is 12.6 Å². The molecule has 19 heavy (non-hydrogen) atoms. The summed E-state index contributed by atoms with van der Waals surface area (Å²) in [6.45, 7) is 3.74. The maximum Gasteiger partial charge on any atom is 0.0607 e. The maximum atomic E-state index is 5.51. The van der Waals surface area contributed by atoms with Gasteiger partial charge in [-0.15, -0.1) is 6.42 Å². The van der Waals surface area contributed by atoms with Crippen LogP contribution in [0, 0.1) is 12.3 Å². The van der Waals surface area contributed by atoms with Gasteiger partial charge in [0.25, 0.3) is 0 Å². The van der Waals surface area contributed by atoms with Crippen molar-refractivity contribution in [2.75, 3.05) is 6.54 Å². The highest BCUT2D eigenvalue weighted by molar-refractivity contribution is 5.20. The molecule has 96 valence electrons. The van der Waals surface area contributed by atoms with Gasteiger partial charge in [0.2, 0.25) is 0 Å². The Morgan fingerprint density at radius 1 is 1.00 bits per heavy atom. The van der Waals surface area contributed by atoms with Crippen molar-refractivity contribution in [3.05, 3.63) is 71.8 Å². The van der Waals surface area contributed by atoms with Crippen LogP contribution in [-0.4, -0.2) is 11.4 Å². The van der Waals surface area contributed by atoms with Crippen LogP contribution < -0.4 is 0 Å². The minimum Gasteiger partial charge on any atom is -0.281 e. The predicted molar refractivity (Wildman–Crippen MR) is 80.5 cm³/mol. The van der Waals surface area contributed by atoms with E-state index in [1.165, 1.54) is 11.1 Å². The number of benzene rings is 2. The Bertz CT molecular complexity index is 525. The van der Waals surface area contributed by atoms with Crippen molar-refractivity contribution >= 4 is 0 Å². The Balaban J connectivity index is 2.14. The average molecular weight is 249 g/mol. The van der Waals surface area contributed by atoms with Crippen LogP contribution in [0.4, 0.5) is 0 Å². The topological polar surface area (TPSA) is 3.24 Å². The summed E-state index contributed by atoms with van der Waals surface area (Å²) in [4.78, 5) is 2.31. The van der Waals surface area contributed by atoms with E-state index in [2.05, 4.69) is 66.3 Å². The lowest BCUT2D eigenvalue weighted by molar-refractivity contribution is 0.229. The van der Waals surface area contributed by atoms with Crippen molar-refractivity contribution < 1.29 is 0 Å². The molecule has 0 spiro atoms. The zero-order chi connectivity index (χ0) is 13.5. The Kier molecular flexibility index (Phi) is 4.78. The molecule has 0 saturated heterocycles. The molecule has 0 saturated carbocycles. The van der Waals surface area contributed by atoms with E-state index in [0.717, 1.165) is 6.54 Å². The van der Waals surface area contributed by atoms with Crippen molar-refractivity contribution in [1.29, 1.82) is 0 Å². The van der Waals surface area contributed by atoms with Crippen molar-refractivity contribution in [3.8, 4) is 12.3 Å². The number of terminal acetylenes is 1. The molecular weight excluding hydrogens is 230 g/mol. The van der Waals surface area contributed by atoms with Crippen LogP contribution >= 0.6 is 0 Å². The van der Waals surface area contributed by atoms with Gasteiger partial charge in [0.15, 0.2) is 0 Å². The van der Waals surface area contributed by atoms with Gasteiger partial charge in [-0.2, -0.15) is 0 Å². The highest BCUT2D eigenvalue weighted by Crippen LogP contribution is 2.21. The molecule has 0 fully saturated rings. The van der Waals surface area contributed by atoms with Crippen LogP contribution in [0.1, 0.15) is 24.1 Å². The molecule has 0 bridgehead atoms. The Labute approximate surface area is 115 Å². The second kappa shape index (κ2) is 6.78. The predicted octanol–water partition coefficient (Wildman–Crippen LogP) is 3.88. The van der Waals surface area contributed by atoms with Gasteiger partial charge in [-0.3, -0.25) is 4.90 Å². The van der Waals surface area contributed by atoms with Crippen LogP contribution in [0.25, 0.3) is 0 Å². The molecule has 0 amide bonds. The first-order chi connectivity index (χ1) is 9.31. The molecule has 2 rings (SSSR count). The van der Waals surface area contributed by atoms with Gasteiger partial charge >= 0.3 is 0 Å². The third-order valence-electron chi connectivity index (χ3n) is 3.35. The molecule has 1 heteroatoms. The molecule has 1 nitrogen and oxygen atoms in total. The molecule has 0 heterocycles. The van der Waals surface area contributed by atoms with Crippen molar-refractivity contribution in [1.82, 2.24) is 4.90 Å². The summed E-state index contributed by atoms with van der Waals surface area (Å²) in [7, 11) is 0. The zero-order valence-electron chi connectivity index (χ0n) is 11.3. The summed E-state index contributed by atoms with van der Waals surface area (Å²) in [6.07, 6.45) is 5.51. The maximum absolute atomic E-state index is 5.51. The highest BCUT2D eigenvalue weighted by atomic mass is 15.1. The Morgan fingerprint density at radius 2 is 1.58 bits per heavy atom. The van der Waals surface area contributed by atoms with E-state index < -0.39 is 0 Å². The van der Waals surface area contributed by atoms with Crippen LogP contribution in [0.2, 0.25) is 0 Å². The van der Waals surface area contributed by atoms with E-state index in [-0.39, 0.29) is 0 Å². The number of nitrogens with zero attached hydrogens (tertiary/aromatic N) is 1. The van der Waals surface area contributed by atoms with Crippen molar-refractivity contribution in [3.63, 3.8) is 0 Å². The van der Waals surface area contributed by atoms with E-state index in [1.54, 1.807) is 0 Å². The first-order valence-corrected chi connectivity index (χ1v) is 6.57. The van der Waals surface area contributed by atoms with Crippen LogP contribution in [0.5, 0.6) is 0 Å². The van der Waals surface area contributed by atoms with Crippen molar-refractivity contribution in [2.24, 2.45) is 0 Å². The number of rotatable bonds is 5. The summed E-state index contributed by atoms with van der Waals surface area (Å²) in [5.74, 6) is 2.76. The van der Waals surface area contributed by atoms with E-state index in [1.807, 2.05) is 12.1 Å². The molecule has 0 aliphatic rings. The standard InChI is InChI=1S/C18H19N/c1-3-14-19(15-17-10-6-4-7-11-17)16(2)18-12-8-5-9-13-18/h1,4-13,16H,14-15H2,2H3/t16-/m1/s1. The molecule has 0 radical (unpaired) electrons. The summed E-state index contributed by atoms with van der Waals surface area (Å²) in [6, 6.07) is 21.3. The Morgan fingerprint density at radius 3 is 2.16 bits per heavy atom. The lowest BCUT2D eigenvalue weighted by atomic mass is 10.1. The molecule has 1 atom stereocenters. The van der Waals surface area contributed by atoms with Gasteiger partial charge in [-0.1, -0.05) is 66.6 Å². The summed E-state index contributed by atoms with van der Waals surface area (Å²) in [5.41, 5.74) is 2.59. The minimum atomic E-state index is 0.317. The first-order valence-electron chi connectivity index (χ1n) is 6.57. The average Bonchev–Trinajstić information content (AvgIpc) is 2.48. The molecule has 0 unspecified atom stereocenters. The third-order valence-corrected chi connectivity index (χ3v) is 3.35. The minimum absolute atomic E-state index is 0.317. The summed E-state index contributed by atoms with van der Waals surface area (Å²) >= 11 is 0. The van der Waals surface area contributed by atoms with Crippen LogP contribution in [0.3, 0.4) is 0 Å². The number of hydrogen-bond acceptors (Lipinski definition) is 1. The fourth-order valence-corrected chi connectivity index (χ4v) is 2.21. The molecule has 2 aromatic carbocycles. The second-order valence-corrected chi connectivity index (χ2v) is 4.68. The molecule has 0 N–H and O–H groups in total. The lowest BCUT2D eigenvalue weighted by Gasteiger charge is -2.27. The van der Waals surface area contributed by atoms with Crippen LogP contribution in [-0.2, 0) is 6.54 Å². The van der Waals surface area contributed by atoms with E-state index in [9.17, 15) is 0 Å². The number of hydrogen-bond donors (Lipinski definition) is 0. The SMILES string of the molecule is C#CCN(Cc1ccccc1)[C@H](C)c1ccccc1. The largest absolute Gasteiger partial charge is 0.281 e. The zero-order valence-corrected chi connectivity index (χ0v) is 11.3. The van der Waals surface area contributed by atoms with Crippen molar-refractivity contribution in [2.45, 2.75) is 19.5 Å². The molecule has 2 aromatic rings. The fourth-order valence-electron chi connectivity index (χ4n) is 2.21. The van der Waals surface area contributed by atoms with Crippen LogP contribution in [0.15, 0.2) is 60.7 Å². The van der Waals surface area contributed by atoms with Gasteiger partial charge in [-0.25, -0.2) is 0 Å². The normalized spacial score (nSPS) is 12.1. The smallest absolute Gasteiger partial charge is 0.0607 e. The molecule has 0 aliphatic carbocycles. The third kappa shape index (κ3) is 3.71. The summed E-state index contributed by atoms with van der Waals surface area (Å²) < 4.78 is 0. The second-order valence-electron chi connectivity index (χ2n) is 4.68. The van der Waals surface area contributed by atoms with Gasteiger partial charge in [0.1, 0.15) is 0 Å². The molecule has 0 aromatic heterocycles. The molecular formula is C18H19N. The van der Waals surface area contributed by atoms with E-state index >= 15 is 0 Å². The quantitative estimate of drug-likeness (QED) is 0.727. The van der Waals surface area contributed by atoms with E-state index in [0.29, 0.717) is 12.6 Å². The Hall–Kier alpha value is -2.04. The highest BCUT2D eigenvalue weighted by Gasteiger charge is 2.14. The lowest BCUT2D eigenvalue weighted by Crippen LogP contribution is -2.27. The van der Waals surface area contributed by atoms with Gasteiger partial charge in [0.05, 0.1) is 6.54 Å². The monoisotopic (exact) mass is 249 g/mol. The fraction of sp³-hybridized carbons (Fsp3) is 0.222. The van der Waals surface area contributed by atoms with Gasteiger partial charge in [-0.05, 0) is 18.1 Å². The van der Waals surface area contributed by atoms with Gasteiger partial charge < -0.3 is 0 Å². The molecule has 0 aliphatic heterocycles. The van der Waals surface area contributed by atoms with E-state index in [4.69, 9.17) is 6.42 Å². The summed E-state index contributed by atoms with van der Waals surface area (Å²) in [5, 5.41) is 0.